The number of carbonyl (C=O) groups is 1. The van der Waals surface area contributed by atoms with Gasteiger partial charge in [-0.1, -0.05) is 6.08 Å². The van der Waals surface area contributed by atoms with Gasteiger partial charge in [0.2, 0.25) is 15.9 Å². The molecule has 1 aromatic rings. The zero-order valence-corrected chi connectivity index (χ0v) is 15.1. The Morgan fingerprint density at radius 1 is 1.48 bits per heavy atom. The molecule has 2 aliphatic rings. The number of sulfonamides is 1. The minimum atomic E-state index is -3.71. The topological polar surface area (TPSA) is 79.0 Å². The highest BCUT2D eigenvalue weighted by Crippen LogP contribution is 2.35. The van der Waals surface area contributed by atoms with E-state index in [4.69, 9.17) is 4.74 Å². The van der Waals surface area contributed by atoms with E-state index in [2.05, 4.69) is 16.8 Å². The number of rotatable bonds is 6. The zero-order valence-electron chi connectivity index (χ0n) is 14.3. The predicted octanol–water partition coefficient (Wildman–Crippen LogP) is 0.864. The number of morpholine rings is 1. The summed E-state index contributed by atoms with van der Waals surface area (Å²) in [6, 6.07) is 5.43. The molecule has 25 heavy (non-hydrogen) atoms. The summed E-state index contributed by atoms with van der Waals surface area (Å²) in [4.78, 5) is 14.4. The molecule has 0 aromatic heterocycles. The van der Waals surface area contributed by atoms with Crippen LogP contribution in [0.15, 0.2) is 30.9 Å². The number of benzene rings is 1. The Morgan fingerprint density at radius 2 is 2.28 bits per heavy atom. The van der Waals surface area contributed by atoms with Gasteiger partial charge in [-0.3, -0.25) is 4.79 Å². The molecule has 8 heteroatoms. The van der Waals surface area contributed by atoms with Crippen LogP contribution < -0.4 is 14.5 Å². The second-order valence-electron chi connectivity index (χ2n) is 6.03. The molecular formula is C17H23N3O4S. The number of nitrogens with one attached hydrogen (secondary N) is 1. The average Bonchev–Trinajstić information content (AvgIpc) is 2.92. The van der Waals surface area contributed by atoms with E-state index in [0.29, 0.717) is 12.3 Å². The van der Waals surface area contributed by atoms with Crippen LogP contribution in [-0.4, -0.2) is 52.5 Å². The standard InChI is InChI=1S/C17H23N3O4S/c1-3-9-25(22,23)20-15-6-5-14(10-13(15)11-16(20)21)19(4-2)17-12-18-7-8-24-17/h3,5-6,10,17-18H,1,4,7-9,11-12H2,2H3. The fourth-order valence-electron chi connectivity index (χ4n) is 3.29. The van der Waals surface area contributed by atoms with Crippen molar-refractivity contribution in [2.75, 3.05) is 41.2 Å². The molecule has 0 bridgehead atoms. The smallest absolute Gasteiger partial charge is 0.245 e. The van der Waals surface area contributed by atoms with Crippen LogP contribution in [0.3, 0.4) is 0 Å². The summed E-state index contributed by atoms with van der Waals surface area (Å²) in [5.41, 5.74) is 2.08. The maximum Gasteiger partial charge on any atom is 0.245 e. The highest BCUT2D eigenvalue weighted by molar-refractivity contribution is 7.93. The molecule has 1 atom stereocenters. The minimum Gasteiger partial charge on any atom is -0.356 e. The van der Waals surface area contributed by atoms with Crippen molar-refractivity contribution in [1.82, 2.24) is 5.32 Å². The maximum atomic E-state index is 12.3. The van der Waals surface area contributed by atoms with Gasteiger partial charge in [-0.25, -0.2) is 12.7 Å². The lowest BCUT2D eigenvalue weighted by atomic mass is 10.1. The number of amides is 1. The van der Waals surface area contributed by atoms with E-state index in [9.17, 15) is 13.2 Å². The van der Waals surface area contributed by atoms with Crippen LogP contribution in [0.1, 0.15) is 12.5 Å². The Kier molecular flexibility index (Phi) is 5.12. The number of fused-ring (bicyclic) bond motifs is 1. The monoisotopic (exact) mass is 365 g/mol. The lowest BCUT2D eigenvalue weighted by Gasteiger charge is -2.35. The van der Waals surface area contributed by atoms with Gasteiger partial charge in [0, 0.05) is 25.3 Å². The maximum absolute atomic E-state index is 12.3. The van der Waals surface area contributed by atoms with E-state index in [1.165, 1.54) is 6.08 Å². The molecule has 0 aliphatic carbocycles. The van der Waals surface area contributed by atoms with E-state index < -0.39 is 15.9 Å². The third kappa shape index (κ3) is 3.42. The predicted molar refractivity (Wildman–Crippen MR) is 97.2 cm³/mol. The Morgan fingerprint density at radius 3 is 2.92 bits per heavy atom. The third-order valence-corrected chi connectivity index (χ3v) is 6.00. The quantitative estimate of drug-likeness (QED) is 0.754. The molecule has 2 heterocycles. The molecule has 136 valence electrons. The fraction of sp³-hybridized carbons (Fsp3) is 0.471. The lowest BCUT2D eigenvalue weighted by Crippen LogP contribution is -2.49. The van der Waals surface area contributed by atoms with Gasteiger partial charge < -0.3 is 15.0 Å². The van der Waals surface area contributed by atoms with Gasteiger partial charge in [-0.2, -0.15) is 0 Å². The molecule has 7 nitrogen and oxygen atoms in total. The Labute approximate surface area is 148 Å². The summed E-state index contributed by atoms with van der Waals surface area (Å²) in [6.45, 7) is 8.45. The van der Waals surface area contributed by atoms with E-state index in [1.807, 2.05) is 19.1 Å². The van der Waals surface area contributed by atoms with Crippen molar-refractivity contribution in [3.8, 4) is 0 Å². The first-order chi connectivity index (χ1) is 12.0. The minimum absolute atomic E-state index is 0.0745. The van der Waals surface area contributed by atoms with Crippen molar-refractivity contribution in [2.24, 2.45) is 0 Å². The summed E-state index contributed by atoms with van der Waals surface area (Å²) >= 11 is 0. The molecule has 1 amide bonds. The summed E-state index contributed by atoms with van der Waals surface area (Å²) in [5, 5.41) is 3.30. The number of hydrogen-bond donors (Lipinski definition) is 1. The van der Waals surface area contributed by atoms with Crippen LogP contribution >= 0.6 is 0 Å². The molecule has 1 fully saturated rings. The molecule has 3 rings (SSSR count). The molecule has 2 aliphatic heterocycles. The summed E-state index contributed by atoms with van der Waals surface area (Å²) in [6.07, 6.45) is 1.30. The van der Waals surface area contributed by atoms with Crippen LogP contribution in [0.5, 0.6) is 0 Å². The van der Waals surface area contributed by atoms with Gasteiger partial charge in [0.25, 0.3) is 0 Å². The van der Waals surface area contributed by atoms with Gasteiger partial charge in [-0.15, -0.1) is 6.58 Å². The molecule has 0 saturated carbocycles. The Hall–Kier alpha value is -1.90. The van der Waals surface area contributed by atoms with E-state index in [-0.39, 0.29) is 18.4 Å². The average molecular weight is 365 g/mol. The van der Waals surface area contributed by atoms with Crippen LogP contribution in [0, 0.1) is 0 Å². The van der Waals surface area contributed by atoms with Crippen LogP contribution in [0.25, 0.3) is 0 Å². The Balaban J connectivity index is 1.91. The van der Waals surface area contributed by atoms with Gasteiger partial charge >= 0.3 is 0 Å². The summed E-state index contributed by atoms with van der Waals surface area (Å²) in [7, 11) is -3.71. The van der Waals surface area contributed by atoms with E-state index in [0.717, 1.165) is 35.2 Å². The number of nitrogens with zero attached hydrogens (tertiary/aromatic N) is 2. The second-order valence-corrected chi connectivity index (χ2v) is 7.89. The highest BCUT2D eigenvalue weighted by atomic mass is 32.2. The molecule has 1 aromatic carbocycles. The first kappa shape index (κ1) is 17.9. The first-order valence-corrected chi connectivity index (χ1v) is 9.97. The summed E-state index contributed by atoms with van der Waals surface area (Å²) < 4.78 is 31.4. The van der Waals surface area contributed by atoms with E-state index in [1.54, 1.807) is 6.07 Å². The number of likely N-dealkylation sites (N-methyl/N-ethyl adjacent to an activating group) is 1. The molecule has 0 radical (unpaired) electrons. The normalized spacial score (nSPS) is 20.4. The van der Waals surface area contributed by atoms with Gasteiger partial charge in [0.05, 0.1) is 24.5 Å². The highest BCUT2D eigenvalue weighted by Gasteiger charge is 2.36. The van der Waals surface area contributed by atoms with Gasteiger partial charge in [0.15, 0.2) is 0 Å². The van der Waals surface area contributed by atoms with Crippen molar-refractivity contribution < 1.29 is 17.9 Å². The molecular weight excluding hydrogens is 342 g/mol. The van der Waals surface area contributed by atoms with Crippen LogP contribution in [0.2, 0.25) is 0 Å². The molecule has 1 N–H and O–H groups in total. The lowest BCUT2D eigenvalue weighted by molar-refractivity contribution is -0.116. The second kappa shape index (κ2) is 7.15. The van der Waals surface area contributed by atoms with Crippen LogP contribution in [0.4, 0.5) is 11.4 Å². The van der Waals surface area contributed by atoms with Gasteiger partial charge in [-0.05, 0) is 30.7 Å². The number of anilines is 2. The molecule has 1 saturated heterocycles. The van der Waals surface area contributed by atoms with Crippen molar-refractivity contribution in [3.05, 3.63) is 36.4 Å². The molecule has 1 unspecified atom stereocenters. The van der Waals surface area contributed by atoms with E-state index >= 15 is 0 Å². The van der Waals surface area contributed by atoms with Crippen LogP contribution in [-0.2, 0) is 26.0 Å². The number of hydrogen-bond acceptors (Lipinski definition) is 6. The zero-order chi connectivity index (χ0) is 18.0. The number of carbonyl (C=O) groups excluding carboxylic acids is 1. The Bertz CT molecular complexity index is 772. The number of ether oxygens (including phenoxy) is 1. The van der Waals surface area contributed by atoms with Crippen molar-refractivity contribution in [2.45, 2.75) is 19.6 Å². The third-order valence-electron chi connectivity index (χ3n) is 4.38. The van der Waals surface area contributed by atoms with Gasteiger partial charge in [0.1, 0.15) is 6.23 Å². The summed E-state index contributed by atoms with van der Waals surface area (Å²) in [5.74, 6) is -0.685. The van der Waals surface area contributed by atoms with Crippen molar-refractivity contribution >= 4 is 27.3 Å². The fourth-order valence-corrected chi connectivity index (χ4v) is 4.59. The first-order valence-electron chi connectivity index (χ1n) is 8.36. The van der Waals surface area contributed by atoms with Crippen molar-refractivity contribution in [1.29, 1.82) is 0 Å². The SMILES string of the molecule is C=CCS(=O)(=O)N1C(=O)Cc2cc(N(CC)C3CNCCO3)ccc21. The largest absolute Gasteiger partial charge is 0.356 e. The van der Waals surface area contributed by atoms with Crippen molar-refractivity contribution in [3.63, 3.8) is 0 Å². The molecule has 0 spiro atoms.